The maximum atomic E-state index is 12.2. The van der Waals surface area contributed by atoms with Gasteiger partial charge in [0.05, 0.1) is 17.6 Å². The highest BCUT2D eigenvalue weighted by Crippen LogP contribution is 2.41. The van der Waals surface area contributed by atoms with Crippen LogP contribution in [-0.4, -0.2) is 25.0 Å². The molecule has 6 heteroatoms. The van der Waals surface area contributed by atoms with E-state index in [0.717, 1.165) is 19.3 Å². The minimum Gasteiger partial charge on any atom is -0.462 e. The number of nitrogens with two attached hydrogens (primary N) is 1. The van der Waals surface area contributed by atoms with Gasteiger partial charge in [-0.05, 0) is 31.2 Å². The molecule has 1 amide bonds. The molecule has 1 aromatic heterocycles. The van der Waals surface area contributed by atoms with Gasteiger partial charge in [0, 0.05) is 6.54 Å². The van der Waals surface area contributed by atoms with Gasteiger partial charge in [-0.15, -0.1) is 11.3 Å². The lowest BCUT2D eigenvalue weighted by Crippen LogP contribution is -2.47. The van der Waals surface area contributed by atoms with E-state index in [2.05, 4.69) is 5.32 Å². The molecule has 0 aliphatic heterocycles. The molecule has 2 rings (SSSR count). The van der Waals surface area contributed by atoms with E-state index < -0.39 is 11.4 Å². The van der Waals surface area contributed by atoms with Crippen LogP contribution < -0.4 is 11.1 Å². The van der Waals surface area contributed by atoms with Gasteiger partial charge in [0.1, 0.15) is 5.00 Å². The number of rotatable bonds is 5. The minimum atomic E-state index is -0.448. The molecule has 104 valence electrons. The fourth-order valence-electron chi connectivity index (χ4n) is 2.14. The summed E-state index contributed by atoms with van der Waals surface area (Å²) in [5.74, 6) is -0.497. The quantitative estimate of drug-likeness (QED) is 0.809. The number of amides is 1. The van der Waals surface area contributed by atoms with E-state index in [1.165, 1.54) is 11.3 Å². The second-order valence-corrected chi connectivity index (χ2v) is 5.59. The summed E-state index contributed by atoms with van der Waals surface area (Å²) in [7, 11) is 0. The summed E-state index contributed by atoms with van der Waals surface area (Å²) in [5.41, 5.74) is 5.66. The molecule has 19 heavy (non-hydrogen) atoms. The molecule has 0 unspecified atom stereocenters. The summed E-state index contributed by atoms with van der Waals surface area (Å²) in [6, 6.07) is 1.66. The van der Waals surface area contributed by atoms with Crippen LogP contribution in [0.5, 0.6) is 0 Å². The molecule has 1 aromatic rings. The topological polar surface area (TPSA) is 81.4 Å². The number of hydrogen-bond acceptors (Lipinski definition) is 5. The molecule has 1 heterocycles. The molecular formula is C13H18N2O3S. The van der Waals surface area contributed by atoms with Crippen molar-refractivity contribution in [3.05, 3.63) is 17.0 Å². The average Bonchev–Trinajstić information content (AvgIpc) is 2.76. The molecule has 3 N–H and O–H groups in total. The first-order valence-corrected chi connectivity index (χ1v) is 7.27. The zero-order chi connectivity index (χ0) is 13.9. The molecule has 0 bridgehead atoms. The Morgan fingerprint density at radius 3 is 2.79 bits per heavy atom. The van der Waals surface area contributed by atoms with E-state index in [0.29, 0.717) is 23.7 Å². The zero-order valence-corrected chi connectivity index (χ0v) is 11.7. The van der Waals surface area contributed by atoms with Crippen molar-refractivity contribution in [2.45, 2.75) is 26.2 Å². The van der Waals surface area contributed by atoms with E-state index in [4.69, 9.17) is 10.5 Å². The fourth-order valence-corrected chi connectivity index (χ4v) is 2.91. The number of carbonyl (C=O) groups excluding carboxylic acids is 2. The van der Waals surface area contributed by atoms with Crippen LogP contribution in [0, 0.1) is 5.41 Å². The highest BCUT2D eigenvalue weighted by molar-refractivity contribution is 7.14. The first-order valence-electron chi connectivity index (χ1n) is 6.39. The predicted molar refractivity (Wildman–Crippen MR) is 74.2 cm³/mol. The Labute approximate surface area is 116 Å². The maximum absolute atomic E-state index is 12.2. The van der Waals surface area contributed by atoms with Crippen molar-refractivity contribution < 1.29 is 14.3 Å². The normalized spacial score (nSPS) is 16.5. The van der Waals surface area contributed by atoms with Gasteiger partial charge in [0.25, 0.3) is 0 Å². The number of thiophene rings is 1. The molecule has 0 saturated heterocycles. The van der Waals surface area contributed by atoms with Gasteiger partial charge in [-0.3, -0.25) is 4.79 Å². The third-order valence-corrected chi connectivity index (χ3v) is 4.40. The largest absolute Gasteiger partial charge is 0.462 e. The lowest BCUT2D eigenvalue weighted by Gasteiger charge is -2.38. The van der Waals surface area contributed by atoms with E-state index in [1.54, 1.807) is 18.4 Å². The van der Waals surface area contributed by atoms with Crippen LogP contribution in [0.15, 0.2) is 11.4 Å². The van der Waals surface area contributed by atoms with Crippen LogP contribution in [0.3, 0.4) is 0 Å². The molecule has 0 aromatic carbocycles. The van der Waals surface area contributed by atoms with Crippen LogP contribution >= 0.6 is 11.3 Å². The lowest BCUT2D eigenvalue weighted by atomic mass is 9.68. The molecule has 1 saturated carbocycles. The predicted octanol–water partition coefficient (Wildman–Crippen LogP) is 1.99. The SMILES string of the molecule is CCOC(=O)c1ccsc1NC(=O)C1(CN)CCC1. The number of anilines is 1. The van der Waals surface area contributed by atoms with Gasteiger partial charge < -0.3 is 15.8 Å². The summed E-state index contributed by atoms with van der Waals surface area (Å²) in [6.45, 7) is 2.41. The van der Waals surface area contributed by atoms with E-state index in [9.17, 15) is 9.59 Å². The minimum absolute atomic E-state index is 0.0887. The van der Waals surface area contributed by atoms with Crippen LogP contribution in [0.1, 0.15) is 36.5 Å². The smallest absolute Gasteiger partial charge is 0.341 e. The highest BCUT2D eigenvalue weighted by Gasteiger charge is 2.43. The monoisotopic (exact) mass is 282 g/mol. The van der Waals surface area contributed by atoms with E-state index in [1.807, 2.05) is 0 Å². The molecule has 0 spiro atoms. The van der Waals surface area contributed by atoms with Crippen molar-refractivity contribution in [2.24, 2.45) is 11.1 Å². The second kappa shape index (κ2) is 5.71. The molecule has 0 atom stereocenters. The van der Waals surface area contributed by atoms with Crippen molar-refractivity contribution in [1.82, 2.24) is 0 Å². The van der Waals surface area contributed by atoms with Crippen LogP contribution in [0.4, 0.5) is 5.00 Å². The number of carbonyl (C=O) groups is 2. The molecule has 5 nitrogen and oxygen atoms in total. The van der Waals surface area contributed by atoms with Crippen LogP contribution in [-0.2, 0) is 9.53 Å². The number of hydrogen-bond donors (Lipinski definition) is 2. The summed E-state index contributed by atoms with van der Waals surface area (Å²) in [4.78, 5) is 24.0. The first kappa shape index (κ1) is 14.0. The van der Waals surface area contributed by atoms with Crippen LogP contribution in [0.2, 0.25) is 0 Å². The Morgan fingerprint density at radius 2 is 2.26 bits per heavy atom. The summed E-state index contributed by atoms with van der Waals surface area (Å²) >= 11 is 1.32. The Morgan fingerprint density at radius 1 is 1.53 bits per heavy atom. The Hall–Kier alpha value is -1.40. The van der Waals surface area contributed by atoms with Gasteiger partial charge in [0.2, 0.25) is 5.91 Å². The maximum Gasteiger partial charge on any atom is 0.341 e. The van der Waals surface area contributed by atoms with Gasteiger partial charge in [-0.2, -0.15) is 0 Å². The summed E-state index contributed by atoms with van der Waals surface area (Å²) in [5, 5.41) is 5.13. The number of esters is 1. The first-order chi connectivity index (χ1) is 9.13. The molecular weight excluding hydrogens is 264 g/mol. The van der Waals surface area contributed by atoms with Gasteiger partial charge in [-0.25, -0.2) is 4.79 Å². The molecule has 0 radical (unpaired) electrons. The van der Waals surface area contributed by atoms with E-state index in [-0.39, 0.29) is 5.91 Å². The van der Waals surface area contributed by atoms with Crippen molar-refractivity contribution in [1.29, 1.82) is 0 Å². The summed E-state index contributed by atoms with van der Waals surface area (Å²) < 4.78 is 4.95. The standard InChI is InChI=1S/C13H18N2O3S/c1-2-18-11(16)9-4-7-19-10(9)15-12(17)13(8-14)5-3-6-13/h4,7H,2-3,5-6,8,14H2,1H3,(H,15,17). The van der Waals surface area contributed by atoms with Gasteiger partial charge in [-0.1, -0.05) is 6.42 Å². The molecule has 1 fully saturated rings. The average molecular weight is 282 g/mol. The fraction of sp³-hybridized carbons (Fsp3) is 0.538. The molecule has 1 aliphatic rings. The second-order valence-electron chi connectivity index (χ2n) is 4.68. The van der Waals surface area contributed by atoms with Crippen molar-refractivity contribution >= 4 is 28.2 Å². The number of nitrogens with one attached hydrogen (secondary N) is 1. The highest BCUT2D eigenvalue weighted by atomic mass is 32.1. The number of ether oxygens (including phenoxy) is 1. The lowest BCUT2D eigenvalue weighted by molar-refractivity contribution is -0.129. The summed E-state index contributed by atoms with van der Waals surface area (Å²) in [6.07, 6.45) is 2.66. The van der Waals surface area contributed by atoms with Crippen molar-refractivity contribution in [3.63, 3.8) is 0 Å². The Balaban J connectivity index is 2.09. The van der Waals surface area contributed by atoms with Gasteiger partial charge in [0.15, 0.2) is 0 Å². The zero-order valence-electron chi connectivity index (χ0n) is 10.9. The van der Waals surface area contributed by atoms with E-state index >= 15 is 0 Å². The third-order valence-electron chi connectivity index (χ3n) is 3.57. The molecule has 1 aliphatic carbocycles. The Bertz CT molecular complexity index is 474. The van der Waals surface area contributed by atoms with Gasteiger partial charge >= 0.3 is 5.97 Å². The van der Waals surface area contributed by atoms with Crippen molar-refractivity contribution in [2.75, 3.05) is 18.5 Å². The third kappa shape index (κ3) is 2.64. The van der Waals surface area contributed by atoms with Crippen LogP contribution in [0.25, 0.3) is 0 Å². The van der Waals surface area contributed by atoms with Crippen molar-refractivity contribution in [3.8, 4) is 0 Å². The Kier molecular flexibility index (Phi) is 4.21.